The van der Waals surface area contributed by atoms with Gasteiger partial charge in [-0.2, -0.15) is 0 Å². The van der Waals surface area contributed by atoms with E-state index in [0.29, 0.717) is 5.56 Å². The Bertz CT molecular complexity index is 1410. The average molecular weight is 564 g/mol. The van der Waals surface area contributed by atoms with E-state index in [2.05, 4.69) is 15.3 Å². The van der Waals surface area contributed by atoms with Gasteiger partial charge in [-0.3, -0.25) is 14.4 Å². The zero-order chi connectivity index (χ0) is 29.4. The molecule has 11 nitrogen and oxygen atoms in total. The highest BCUT2D eigenvalue weighted by Gasteiger charge is 2.31. The Hall–Kier alpha value is -4.87. The first-order valence-electron chi connectivity index (χ1n) is 13.2. The fraction of sp³-hybridized carbons (Fsp3) is 0.310. The van der Waals surface area contributed by atoms with Crippen LogP contribution < -0.4 is 5.32 Å². The number of nitrogens with zero attached hydrogens (tertiary/aromatic N) is 4. The lowest BCUT2D eigenvalue weighted by molar-refractivity contribution is -0.138. The molecule has 0 saturated carbocycles. The Morgan fingerprint density at radius 2 is 1.63 bits per heavy atom. The van der Waals surface area contributed by atoms with Crippen molar-refractivity contribution in [3.8, 4) is 22.6 Å². The molecular formula is C29H30FN5O6. The summed E-state index contributed by atoms with van der Waals surface area (Å²) in [7, 11) is 0. The molecule has 0 bridgehead atoms. The molecule has 2 heterocycles. The van der Waals surface area contributed by atoms with E-state index >= 15 is 0 Å². The lowest BCUT2D eigenvalue weighted by Crippen LogP contribution is -2.56. The summed E-state index contributed by atoms with van der Waals surface area (Å²) in [6, 6.07) is 15.0. The van der Waals surface area contributed by atoms with Gasteiger partial charge in [0.25, 0.3) is 5.91 Å². The Morgan fingerprint density at radius 1 is 0.976 bits per heavy atom. The first-order valence-corrected chi connectivity index (χ1v) is 13.2. The second-order valence-electron chi connectivity index (χ2n) is 9.28. The van der Waals surface area contributed by atoms with Gasteiger partial charge in [-0.05, 0) is 31.5 Å². The molecule has 4 rings (SSSR count). The van der Waals surface area contributed by atoms with Gasteiger partial charge in [0.1, 0.15) is 17.6 Å². The van der Waals surface area contributed by atoms with E-state index in [4.69, 9.17) is 4.74 Å². The number of carboxylic acid groups (broad SMARTS) is 1. The number of aromatic nitrogens is 2. The van der Waals surface area contributed by atoms with Crippen molar-refractivity contribution in [2.45, 2.75) is 25.8 Å². The van der Waals surface area contributed by atoms with Gasteiger partial charge < -0.3 is 25.0 Å². The number of ether oxygens (including phenoxy) is 1. The number of carbonyl (C=O) groups is 4. The molecule has 1 aliphatic rings. The zero-order valence-electron chi connectivity index (χ0n) is 22.5. The number of hydrogen-bond donors (Lipinski definition) is 2. The van der Waals surface area contributed by atoms with Crippen molar-refractivity contribution in [3.05, 3.63) is 72.2 Å². The standard InChI is InChI=1S/C29H30FN5O6/c1-2-41-29(40)35-16-14-34(15-17-35)28(39)22(12-13-25(36)37)33-27(38)24-18-23(20-10-6-7-11-21(20)30)31-26(32-24)19-8-4-3-5-9-19/h3-11,18,22H,2,12-17H2,1H3,(H,33,38)(H,36,37). The molecule has 1 aliphatic heterocycles. The molecule has 214 valence electrons. The summed E-state index contributed by atoms with van der Waals surface area (Å²) in [5, 5.41) is 11.9. The Labute approximate surface area is 236 Å². The van der Waals surface area contributed by atoms with Crippen molar-refractivity contribution in [1.82, 2.24) is 25.1 Å². The third kappa shape index (κ3) is 7.41. The minimum atomic E-state index is -1.17. The zero-order valence-corrected chi connectivity index (χ0v) is 22.5. The molecule has 0 spiro atoms. The summed E-state index contributed by atoms with van der Waals surface area (Å²) in [5.74, 6) is -2.70. The van der Waals surface area contributed by atoms with Crippen LogP contribution in [-0.4, -0.2) is 87.6 Å². The maximum Gasteiger partial charge on any atom is 0.409 e. The Morgan fingerprint density at radius 3 is 2.29 bits per heavy atom. The molecule has 1 saturated heterocycles. The number of halogens is 1. The third-order valence-corrected chi connectivity index (χ3v) is 6.51. The monoisotopic (exact) mass is 563 g/mol. The topological polar surface area (TPSA) is 142 Å². The third-order valence-electron chi connectivity index (χ3n) is 6.51. The predicted molar refractivity (Wildman–Crippen MR) is 146 cm³/mol. The van der Waals surface area contributed by atoms with Gasteiger partial charge in [-0.15, -0.1) is 0 Å². The molecule has 1 atom stereocenters. The first-order chi connectivity index (χ1) is 19.8. The van der Waals surface area contributed by atoms with Crippen molar-refractivity contribution in [2.75, 3.05) is 32.8 Å². The van der Waals surface area contributed by atoms with Crippen LogP contribution in [-0.2, 0) is 14.3 Å². The average Bonchev–Trinajstić information content (AvgIpc) is 2.99. The number of piperazine rings is 1. The minimum absolute atomic E-state index is 0.114. The minimum Gasteiger partial charge on any atom is -0.481 e. The van der Waals surface area contributed by atoms with Crippen molar-refractivity contribution >= 4 is 23.9 Å². The van der Waals surface area contributed by atoms with Crippen LogP contribution in [0.25, 0.3) is 22.6 Å². The van der Waals surface area contributed by atoms with Crippen LogP contribution in [0.3, 0.4) is 0 Å². The van der Waals surface area contributed by atoms with Gasteiger partial charge in [0.05, 0.1) is 12.3 Å². The maximum absolute atomic E-state index is 14.7. The van der Waals surface area contributed by atoms with E-state index in [1.165, 1.54) is 34.1 Å². The second kappa shape index (κ2) is 13.5. The van der Waals surface area contributed by atoms with Crippen LogP contribution in [0.2, 0.25) is 0 Å². The van der Waals surface area contributed by atoms with Gasteiger partial charge in [-0.1, -0.05) is 42.5 Å². The van der Waals surface area contributed by atoms with E-state index in [1.807, 2.05) is 6.07 Å². The SMILES string of the molecule is CCOC(=O)N1CCN(C(=O)C(CCC(=O)O)NC(=O)c2cc(-c3ccccc3F)nc(-c3ccccc3)n2)CC1. The molecule has 12 heteroatoms. The van der Waals surface area contributed by atoms with Crippen molar-refractivity contribution < 1.29 is 33.4 Å². The highest BCUT2D eigenvalue weighted by molar-refractivity contribution is 5.97. The highest BCUT2D eigenvalue weighted by Crippen LogP contribution is 2.25. The van der Waals surface area contributed by atoms with E-state index < -0.39 is 35.7 Å². The van der Waals surface area contributed by atoms with Crippen LogP contribution in [0.15, 0.2) is 60.7 Å². The van der Waals surface area contributed by atoms with Crippen molar-refractivity contribution in [3.63, 3.8) is 0 Å². The predicted octanol–water partition coefficient (Wildman–Crippen LogP) is 3.21. The molecular weight excluding hydrogens is 533 g/mol. The fourth-order valence-electron chi connectivity index (χ4n) is 4.39. The van der Waals surface area contributed by atoms with Crippen LogP contribution in [0.1, 0.15) is 30.3 Å². The number of carboxylic acids is 1. The quantitative estimate of drug-likeness (QED) is 0.404. The fourth-order valence-corrected chi connectivity index (χ4v) is 4.39. The van der Waals surface area contributed by atoms with Gasteiger partial charge in [0.2, 0.25) is 5.91 Å². The second-order valence-corrected chi connectivity index (χ2v) is 9.28. The number of benzene rings is 2. The van der Waals surface area contributed by atoms with E-state index in [9.17, 15) is 28.7 Å². The smallest absolute Gasteiger partial charge is 0.409 e. The summed E-state index contributed by atoms with van der Waals surface area (Å²) >= 11 is 0. The lowest BCUT2D eigenvalue weighted by atomic mass is 10.1. The van der Waals surface area contributed by atoms with E-state index in [1.54, 1.807) is 37.3 Å². The molecule has 41 heavy (non-hydrogen) atoms. The number of carbonyl (C=O) groups excluding carboxylic acids is 3. The van der Waals surface area contributed by atoms with E-state index in [-0.39, 0.29) is 68.4 Å². The molecule has 1 fully saturated rings. The summed E-state index contributed by atoms with van der Waals surface area (Å²) in [6.45, 7) is 2.80. The summed E-state index contributed by atoms with van der Waals surface area (Å²) in [4.78, 5) is 62.0. The normalized spacial score (nSPS) is 13.8. The number of aliphatic carboxylic acids is 1. The highest BCUT2D eigenvalue weighted by atomic mass is 19.1. The summed E-state index contributed by atoms with van der Waals surface area (Å²) in [6.07, 6.45) is -0.993. The number of rotatable bonds is 9. The Kier molecular flexibility index (Phi) is 9.56. The largest absolute Gasteiger partial charge is 0.481 e. The molecule has 3 aromatic rings. The van der Waals surface area contributed by atoms with Gasteiger partial charge in [0, 0.05) is 43.7 Å². The molecule has 0 radical (unpaired) electrons. The van der Waals surface area contributed by atoms with Crippen LogP contribution in [0.5, 0.6) is 0 Å². The lowest BCUT2D eigenvalue weighted by Gasteiger charge is -2.35. The van der Waals surface area contributed by atoms with Crippen LogP contribution >= 0.6 is 0 Å². The summed E-state index contributed by atoms with van der Waals surface area (Å²) < 4.78 is 19.7. The van der Waals surface area contributed by atoms with Gasteiger partial charge in [0.15, 0.2) is 5.82 Å². The first kappa shape index (κ1) is 29.1. The van der Waals surface area contributed by atoms with Crippen molar-refractivity contribution in [1.29, 1.82) is 0 Å². The molecule has 1 unspecified atom stereocenters. The van der Waals surface area contributed by atoms with Crippen LogP contribution in [0, 0.1) is 5.82 Å². The molecule has 2 aromatic carbocycles. The number of amides is 3. The number of hydrogen-bond acceptors (Lipinski definition) is 7. The van der Waals surface area contributed by atoms with E-state index in [0.717, 1.165) is 0 Å². The molecule has 1 aromatic heterocycles. The molecule has 0 aliphatic carbocycles. The van der Waals surface area contributed by atoms with Crippen molar-refractivity contribution in [2.24, 2.45) is 0 Å². The van der Waals surface area contributed by atoms with Crippen LogP contribution in [0.4, 0.5) is 9.18 Å². The van der Waals surface area contributed by atoms with Gasteiger partial charge >= 0.3 is 12.1 Å². The maximum atomic E-state index is 14.7. The number of nitrogens with one attached hydrogen (secondary N) is 1. The van der Waals surface area contributed by atoms with Gasteiger partial charge in [-0.25, -0.2) is 19.2 Å². The summed E-state index contributed by atoms with van der Waals surface area (Å²) in [5.41, 5.74) is 0.819. The Balaban J connectivity index is 1.59. The molecule has 3 amide bonds. The molecule has 2 N–H and O–H groups in total.